The first-order valence-electron chi connectivity index (χ1n) is 8.13. The fraction of sp³-hybridized carbons (Fsp3) is 0.211. The number of hydrogen-bond acceptors (Lipinski definition) is 5. The van der Waals surface area contributed by atoms with Gasteiger partial charge in [-0.15, -0.1) is 22.0 Å². The molecule has 6 heteroatoms. The minimum atomic E-state index is -0.00364. The van der Waals surface area contributed by atoms with E-state index in [1.807, 2.05) is 36.4 Å². The largest absolute Gasteiger partial charge is 0.301 e. The van der Waals surface area contributed by atoms with Gasteiger partial charge in [0.2, 0.25) is 11.0 Å². The second-order valence-electron chi connectivity index (χ2n) is 5.48. The second kappa shape index (κ2) is 9.34. The molecule has 0 radical (unpaired) electrons. The van der Waals surface area contributed by atoms with Gasteiger partial charge in [0.25, 0.3) is 0 Å². The van der Waals surface area contributed by atoms with Gasteiger partial charge < -0.3 is 5.32 Å². The van der Waals surface area contributed by atoms with Crippen molar-refractivity contribution in [2.24, 2.45) is 0 Å². The Bertz CT molecular complexity index is 791. The third-order valence-corrected chi connectivity index (χ3v) is 5.41. The molecule has 0 aliphatic rings. The third kappa shape index (κ3) is 5.99. The molecule has 2 aromatic carbocycles. The summed E-state index contributed by atoms with van der Waals surface area (Å²) in [7, 11) is 0. The van der Waals surface area contributed by atoms with Crippen LogP contribution in [0.2, 0.25) is 0 Å². The van der Waals surface area contributed by atoms with Crippen LogP contribution in [0.3, 0.4) is 0 Å². The van der Waals surface area contributed by atoms with E-state index in [0.29, 0.717) is 11.6 Å². The minimum absolute atomic E-state index is 0.00364. The molecule has 3 aromatic rings. The molecule has 0 bridgehead atoms. The molecule has 1 amide bonds. The molecule has 0 aliphatic carbocycles. The van der Waals surface area contributed by atoms with Crippen molar-refractivity contribution in [3.8, 4) is 0 Å². The van der Waals surface area contributed by atoms with Crippen LogP contribution in [0, 0.1) is 0 Å². The van der Waals surface area contributed by atoms with Crippen LogP contribution in [0.15, 0.2) is 65.6 Å². The summed E-state index contributed by atoms with van der Waals surface area (Å²) in [5.74, 6) is 0.920. The van der Waals surface area contributed by atoms with E-state index in [9.17, 15) is 4.79 Å². The number of hydrogen-bond donors (Lipinski definition) is 1. The fourth-order valence-electron chi connectivity index (χ4n) is 2.27. The number of nitrogens with zero attached hydrogens (tertiary/aromatic N) is 2. The molecule has 1 aromatic heterocycles. The molecule has 0 fully saturated rings. The summed E-state index contributed by atoms with van der Waals surface area (Å²) < 4.78 is 0. The quantitative estimate of drug-likeness (QED) is 0.464. The van der Waals surface area contributed by atoms with Gasteiger partial charge in [-0.3, -0.25) is 4.79 Å². The number of rotatable bonds is 8. The number of nitrogens with one attached hydrogen (secondary N) is 1. The van der Waals surface area contributed by atoms with Gasteiger partial charge in [0.1, 0.15) is 5.01 Å². The standard InChI is InChI=1S/C19H19N3OS2/c23-17(12-7-13-24-16-10-5-2-6-11-16)20-19-22-21-18(25-19)14-15-8-3-1-4-9-15/h1-6,8-11H,7,12-14H2,(H,20,22,23). The summed E-state index contributed by atoms with van der Waals surface area (Å²) in [5, 5.41) is 12.5. The van der Waals surface area contributed by atoms with Crippen molar-refractivity contribution in [3.63, 3.8) is 0 Å². The van der Waals surface area contributed by atoms with Crippen LogP contribution < -0.4 is 5.32 Å². The zero-order chi connectivity index (χ0) is 17.3. The van der Waals surface area contributed by atoms with Gasteiger partial charge in [-0.05, 0) is 29.9 Å². The average Bonchev–Trinajstić information content (AvgIpc) is 3.07. The van der Waals surface area contributed by atoms with Crippen molar-refractivity contribution < 1.29 is 4.79 Å². The Balaban J connectivity index is 1.39. The van der Waals surface area contributed by atoms with E-state index in [1.165, 1.54) is 21.8 Å². The van der Waals surface area contributed by atoms with E-state index >= 15 is 0 Å². The molecule has 25 heavy (non-hydrogen) atoms. The van der Waals surface area contributed by atoms with Gasteiger partial charge in [0.15, 0.2) is 0 Å². The van der Waals surface area contributed by atoms with Gasteiger partial charge in [-0.2, -0.15) is 0 Å². The number of thioether (sulfide) groups is 1. The zero-order valence-corrected chi connectivity index (χ0v) is 15.4. The Hall–Kier alpha value is -2.18. The maximum atomic E-state index is 12.0. The molecule has 4 nitrogen and oxygen atoms in total. The SMILES string of the molecule is O=C(CCCSc1ccccc1)Nc1nnc(Cc2ccccc2)s1. The molecule has 0 saturated carbocycles. The fourth-order valence-corrected chi connectivity index (χ4v) is 3.93. The number of carbonyl (C=O) groups excluding carboxylic acids is 1. The minimum Gasteiger partial charge on any atom is -0.301 e. The van der Waals surface area contributed by atoms with Crippen molar-refractivity contribution in [3.05, 3.63) is 71.2 Å². The van der Waals surface area contributed by atoms with Gasteiger partial charge in [0.05, 0.1) is 0 Å². The van der Waals surface area contributed by atoms with E-state index in [2.05, 4.69) is 39.8 Å². The summed E-state index contributed by atoms with van der Waals surface area (Å²) in [6, 6.07) is 20.3. The summed E-state index contributed by atoms with van der Waals surface area (Å²) in [4.78, 5) is 13.2. The molecular weight excluding hydrogens is 350 g/mol. The molecule has 0 aliphatic heterocycles. The van der Waals surface area contributed by atoms with Gasteiger partial charge >= 0.3 is 0 Å². The number of anilines is 1. The second-order valence-corrected chi connectivity index (χ2v) is 7.71. The number of amides is 1. The zero-order valence-electron chi connectivity index (χ0n) is 13.7. The molecule has 0 saturated heterocycles. The van der Waals surface area contributed by atoms with Gasteiger partial charge in [0, 0.05) is 17.7 Å². The maximum Gasteiger partial charge on any atom is 0.226 e. The Morgan fingerprint density at radius 3 is 2.48 bits per heavy atom. The highest BCUT2D eigenvalue weighted by Crippen LogP contribution is 2.20. The van der Waals surface area contributed by atoms with Crippen LogP contribution in [0.1, 0.15) is 23.4 Å². The molecule has 3 rings (SSSR count). The molecule has 0 spiro atoms. The highest BCUT2D eigenvalue weighted by molar-refractivity contribution is 7.99. The monoisotopic (exact) mass is 369 g/mol. The summed E-state index contributed by atoms with van der Waals surface area (Å²) in [6.07, 6.45) is 2.07. The molecule has 128 valence electrons. The lowest BCUT2D eigenvalue weighted by atomic mass is 10.2. The third-order valence-electron chi connectivity index (χ3n) is 3.47. The highest BCUT2D eigenvalue weighted by Gasteiger charge is 2.08. The number of benzene rings is 2. The predicted molar refractivity (Wildman–Crippen MR) is 104 cm³/mol. The maximum absolute atomic E-state index is 12.0. The molecular formula is C19H19N3OS2. The molecule has 0 atom stereocenters. The van der Waals surface area contributed by atoms with E-state index in [0.717, 1.165) is 23.6 Å². The predicted octanol–water partition coefficient (Wildman–Crippen LogP) is 4.64. The Morgan fingerprint density at radius 2 is 1.72 bits per heavy atom. The van der Waals surface area contributed by atoms with Gasteiger partial charge in [-0.25, -0.2) is 0 Å². The Labute approximate surface area is 155 Å². The van der Waals surface area contributed by atoms with E-state index in [4.69, 9.17) is 0 Å². The average molecular weight is 370 g/mol. The van der Waals surface area contributed by atoms with Crippen molar-refractivity contribution in [2.45, 2.75) is 24.2 Å². The summed E-state index contributed by atoms with van der Waals surface area (Å²) in [6.45, 7) is 0. The molecule has 0 unspecified atom stereocenters. The smallest absolute Gasteiger partial charge is 0.226 e. The van der Waals surface area contributed by atoms with Crippen LogP contribution in [0.25, 0.3) is 0 Å². The van der Waals surface area contributed by atoms with Crippen molar-refractivity contribution in [1.82, 2.24) is 10.2 Å². The van der Waals surface area contributed by atoms with Crippen LogP contribution in [0.5, 0.6) is 0 Å². The van der Waals surface area contributed by atoms with Crippen molar-refractivity contribution in [1.29, 1.82) is 0 Å². The number of aromatic nitrogens is 2. The lowest BCUT2D eigenvalue weighted by Crippen LogP contribution is -2.11. The van der Waals surface area contributed by atoms with E-state index < -0.39 is 0 Å². The van der Waals surface area contributed by atoms with Crippen LogP contribution >= 0.6 is 23.1 Å². The molecule has 1 N–H and O–H groups in total. The van der Waals surface area contributed by atoms with Crippen LogP contribution in [-0.2, 0) is 11.2 Å². The first kappa shape index (κ1) is 17.6. The Morgan fingerprint density at radius 1 is 1.00 bits per heavy atom. The van der Waals surface area contributed by atoms with E-state index in [1.54, 1.807) is 11.8 Å². The van der Waals surface area contributed by atoms with Crippen molar-refractivity contribution in [2.75, 3.05) is 11.1 Å². The van der Waals surface area contributed by atoms with Gasteiger partial charge in [-0.1, -0.05) is 59.9 Å². The normalized spacial score (nSPS) is 10.6. The Kier molecular flexibility index (Phi) is 6.59. The summed E-state index contributed by atoms with van der Waals surface area (Å²) in [5.41, 5.74) is 1.19. The van der Waals surface area contributed by atoms with Crippen LogP contribution in [0.4, 0.5) is 5.13 Å². The topological polar surface area (TPSA) is 54.9 Å². The summed E-state index contributed by atoms with van der Waals surface area (Å²) >= 11 is 3.20. The van der Waals surface area contributed by atoms with Crippen LogP contribution in [-0.4, -0.2) is 21.9 Å². The lowest BCUT2D eigenvalue weighted by molar-refractivity contribution is -0.116. The first-order chi connectivity index (χ1) is 12.3. The van der Waals surface area contributed by atoms with Crippen molar-refractivity contribution >= 4 is 34.1 Å². The highest BCUT2D eigenvalue weighted by atomic mass is 32.2. The number of carbonyl (C=O) groups is 1. The first-order valence-corrected chi connectivity index (χ1v) is 9.94. The van der Waals surface area contributed by atoms with E-state index in [-0.39, 0.29) is 5.91 Å². The molecule has 1 heterocycles. The lowest BCUT2D eigenvalue weighted by Gasteiger charge is -2.02.